The molecule has 3 amide bonds. The first kappa shape index (κ1) is 17.5. The summed E-state index contributed by atoms with van der Waals surface area (Å²) < 4.78 is 5.08. The van der Waals surface area contributed by atoms with Gasteiger partial charge in [-0.25, -0.2) is 4.79 Å². The van der Waals surface area contributed by atoms with Crippen molar-refractivity contribution in [3.63, 3.8) is 0 Å². The minimum absolute atomic E-state index is 0.00271. The van der Waals surface area contributed by atoms with Crippen LogP contribution in [0.1, 0.15) is 29.2 Å². The highest BCUT2D eigenvalue weighted by Gasteiger charge is 2.42. The molecule has 6 heteroatoms. The van der Waals surface area contributed by atoms with Crippen LogP contribution < -0.4 is 5.32 Å². The standard InChI is InChI=1S/C19H25N3O3/c1-12-6-7-14(13(2)10-12)17-16-15(21(3)19(24)20-17)11-22(18(16)23)8-5-9-25-4/h6-7,10,17H,5,8-9,11H2,1-4H3,(H,20,24). The van der Waals surface area contributed by atoms with Gasteiger partial charge in [0.1, 0.15) is 0 Å². The van der Waals surface area contributed by atoms with Gasteiger partial charge < -0.3 is 15.0 Å². The number of hydrogen-bond donors (Lipinski definition) is 1. The number of carbonyl (C=O) groups is 2. The number of aryl methyl sites for hydroxylation is 2. The third-order valence-corrected chi connectivity index (χ3v) is 4.95. The Kier molecular flexibility index (Phi) is 4.81. The lowest BCUT2D eigenvalue weighted by molar-refractivity contribution is -0.125. The lowest BCUT2D eigenvalue weighted by Gasteiger charge is -2.31. The number of amides is 3. The molecule has 0 aromatic heterocycles. The summed E-state index contributed by atoms with van der Waals surface area (Å²) in [6.45, 7) is 5.77. The molecule has 2 aliphatic heterocycles. The molecule has 1 unspecified atom stereocenters. The summed E-state index contributed by atoms with van der Waals surface area (Å²) >= 11 is 0. The number of ether oxygens (including phenoxy) is 1. The van der Waals surface area contributed by atoms with E-state index in [1.165, 1.54) is 0 Å². The van der Waals surface area contributed by atoms with Gasteiger partial charge in [0.05, 0.1) is 23.9 Å². The van der Waals surface area contributed by atoms with Crippen LogP contribution in [0, 0.1) is 13.8 Å². The van der Waals surface area contributed by atoms with Crippen LogP contribution >= 0.6 is 0 Å². The van der Waals surface area contributed by atoms with Crippen LogP contribution in [-0.2, 0) is 9.53 Å². The normalized spacial score (nSPS) is 20.2. The van der Waals surface area contributed by atoms with E-state index in [0.717, 1.165) is 28.8 Å². The van der Waals surface area contributed by atoms with Crippen molar-refractivity contribution in [1.82, 2.24) is 15.1 Å². The zero-order valence-corrected chi connectivity index (χ0v) is 15.3. The number of carbonyl (C=O) groups excluding carboxylic acids is 2. The fraction of sp³-hybridized carbons (Fsp3) is 0.474. The molecule has 1 N–H and O–H groups in total. The lowest BCUT2D eigenvalue weighted by atomic mass is 9.91. The number of nitrogens with zero attached hydrogens (tertiary/aromatic N) is 2. The quantitative estimate of drug-likeness (QED) is 0.833. The Bertz CT molecular complexity index is 741. The van der Waals surface area contributed by atoms with Crippen molar-refractivity contribution >= 4 is 11.9 Å². The predicted molar refractivity (Wildman–Crippen MR) is 95.1 cm³/mol. The Balaban J connectivity index is 1.94. The highest BCUT2D eigenvalue weighted by molar-refractivity contribution is 6.01. The molecular weight excluding hydrogens is 318 g/mol. The average molecular weight is 343 g/mol. The smallest absolute Gasteiger partial charge is 0.322 e. The summed E-state index contributed by atoms with van der Waals surface area (Å²) in [5.41, 5.74) is 4.70. The second-order valence-corrected chi connectivity index (χ2v) is 6.73. The van der Waals surface area contributed by atoms with E-state index in [9.17, 15) is 9.59 Å². The topological polar surface area (TPSA) is 61.9 Å². The molecule has 2 aliphatic rings. The largest absolute Gasteiger partial charge is 0.385 e. The van der Waals surface area contributed by atoms with E-state index in [1.54, 1.807) is 24.0 Å². The van der Waals surface area contributed by atoms with E-state index < -0.39 is 0 Å². The van der Waals surface area contributed by atoms with E-state index in [2.05, 4.69) is 11.4 Å². The van der Waals surface area contributed by atoms with Crippen molar-refractivity contribution in [2.45, 2.75) is 26.3 Å². The van der Waals surface area contributed by atoms with Gasteiger partial charge in [-0.2, -0.15) is 0 Å². The number of urea groups is 1. The summed E-state index contributed by atoms with van der Waals surface area (Å²) in [6.07, 6.45) is 0.780. The first-order chi connectivity index (χ1) is 11.9. The van der Waals surface area contributed by atoms with Crippen molar-refractivity contribution in [2.75, 3.05) is 33.9 Å². The van der Waals surface area contributed by atoms with E-state index in [4.69, 9.17) is 4.74 Å². The summed E-state index contributed by atoms with van der Waals surface area (Å²) in [5, 5.41) is 2.99. The first-order valence-corrected chi connectivity index (χ1v) is 8.56. The highest BCUT2D eigenvalue weighted by Crippen LogP contribution is 2.36. The predicted octanol–water partition coefficient (Wildman–Crippen LogP) is 2.13. The molecule has 134 valence electrons. The zero-order chi connectivity index (χ0) is 18.1. The molecular formula is C19H25N3O3. The number of methoxy groups -OCH3 is 1. The average Bonchev–Trinajstić information content (AvgIpc) is 2.89. The van der Waals surface area contributed by atoms with E-state index in [1.807, 2.05) is 26.0 Å². The summed E-state index contributed by atoms with van der Waals surface area (Å²) in [6, 6.07) is 5.54. The molecule has 0 fully saturated rings. The second kappa shape index (κ2) is 6.88. The first-order valence-electron chi connectivity index (χ1n) is 8.56. The van der Waals surface area contributed by atoms with Gasteiger partial charge in [0.2, 0.25) is 0 Å². The zero-order valence-electron chi connectivity index (χ0n) is 15.3. The molecule has 0 saturated carbocycles. The van der Waals surface area contributed by atoms with Crippen molar-refractivity contribution < 1.29 is 14.3 Å². The maximum absolute atomic E-state index is 13.0. The Morgan fingerprint density at radius 1 is 1.28 bits per heavy atom. The van der Waals surface area contributed by atoms with E-state index in [-0.39, 0.29) is 18.0 Å². The van der Waals surface area contributed by atoms with Crippen molar-refractivity contribution in [3.8, 4) is 0 Å². The molecule has 0 saturated heterocycles. The van der Waals surface area contributed by atoms with Gasteiger partial charge in [-0.15, -0.1) is 0 Å². The number of benzene rings is 1. The van der Waals surface area contributed by atoms with E-state index in [0.29, 0.717) is 25.3 Å². The molecule has 1 atom stereocenters. The monoisotopic (exact) mass is 343 g/mol. The molecule has 0 bridgehead atoms. The molecule has 3 rings (SSSR count). The second-order valence-electron chi connectivity index (χ2n) is 6.73. The van der Waals surface area contributed by atoms with Gasteiger partial charge in [-0.1, -0.05) is 23.8 Å². The molecule has 6 nitrogen and oxygen atoms in total. The Morgan fingerprint density at radius 3 is 2.72 bits per heavy atom. The van der Waals surface area contributed by atoms with Crippen molar-refractivity contribution in [3.05, 3.63) is 46.2 Å². The lowest BCUT2D eigenvalue weighted by Crippen LogP contribution is -2.45. The number of rotatable bonds is 5. The van der Waals surface area contributed by atoms with Crippen LogP contribution in [0.3, 0.4) is 0 Å². The maximum Gasteiger partial charge on any atom is 0.322 e. The number of hydrogen-bond acceptors (Lipinski definition) is 3. The Hall–Kier alpha value is -2.34. The summed E-state index contributed by atoms with van der Waals surface area (Å²) in [4.78, 5) is 28.8. The van der Waals surface area contributed by atoms with Gasteiger partial charge in [0, 0.05) is 27.3 Å². The van der Waals surface area contributed by atoms with Crippen LogP contribution in [0.15, 0.2) is 29.5 Å². The van der Waals surface area contributed by atoms with Crippen molar-refractivity contribution in [1.29, 1.82) is 0 Å². The fourth-order valence-electron chi connectivity index (χ4n) is 3.59. The van der Waals surface area contributed by atoms with Gasteiger partial charge in [0.25, 0.3) is 5.91 Å². The minimum atomic E-state index is -0.390. The molecule has 0 spiro atoms. The highest BCUT2D eigenvalue weighted by atomic mass is 16.5. The SMILES string of the molecule is COCCCN1CC2=C(C1=O)C(c1ccc(C)cc1C)NC(=O)N2C. The molecule has 1 aromatic rings. The Labute approximate surface area is 148 Å². The van der Waals surface area contributed by atoms with Gasteiger partial charge in [0.15, 0.2) is 0 Å². The summed E-state index contributed by atoms with van der Waals surface area (Å²) in [5.74, 6) is 0.00271. The molecule has 0 aliphatic carbocycles. The van der Waals surface area contributed by atoms with Crippen LogP contribution in [0.2, 0.25) is 0 Å². The van der Waals surface area contributed by atoms with Crippen LogP contribution in [-0.4, -0.2) is 55.6 Å². The molecule has 25 heavy (non-hydrogen) atoms. The number of nitrogens with one attached hydrogen (secondary N) is 1. The summed E-state index contributed by atoms with van der Waals surface area (Å²) in [7, 11) is 3.37. The molecule has 1 aromatic carbocycles. The van der Waals surface area contributed by atoms with Gasteiger partial charge >= 0.3 is 6.03 Å². The van der Waals surface area contributed by atoms with Gasteiger partial charge in [-0.05, 0) is 31.4 Å². The molecule has 0 radical (unpaired) electrons. The third-order valence-electron chi connectivity index (χ3n) is 4.95. The number of likely N-dealkylation sites (N-methyl/N-ethyl adjacent to an activating group) is 1. The van der Waals surface area contributed by atoms with Crippen LogP contribution in [0.25, 0.3) is 0 Å². The maximum atomic E-state index is 13.0. The Morgan fingerprint density at radius 2 is 2.04 bits per heavy atom. The molecule has 2 heterocycles. The van der Waals surface area contributed by atoms with Crippen LogP contribution in [0.4, 0.5) is 4.79 Å². The fourth-order valence-corrected chi connectivity index (χ4v) is 3.59. The van der Waals surface area contributed by atoms with E-state index >= 15 is 0 Å². The van der Waals surface area contributed by atoms with Crippen molar-refractivity contribution in [2.24, 2.45) is 0 Å². The van der Waals surface area contributed by atoms with Crippen LogP contribution in [0.5, 0.6) is 0 Å². The van der Waals surface area contributed by atoms with Gasteiger partial charge in [-0.3, -0.25) is 9.69 Å². The minimum Gasteiger partial charge on any atom is -0.385 e. The third kappa shape index (κ3) is 3.14.